The Balaban J connectivity index is 1.64. The van der Waals surface area contributed by atoms with E-state index in [2.05, 4.69) is 29.3 Å². The molecule has 17 heavy (non-hydrogen) atoms. The molecular weight excluding hydrogens is 214 g/mol. The Labute approximate surface area is 102 Å². The Morgan fingerprint density at radius 3 is 2.94 bits per heavy atom. The van der Waals surface area contributed by atoms with Crippen LogP contribution in [-0.2, 0) is 6.42 Å². The number of fused-ring (bicyclic) bond motifs is 2. The van der Waals surface area contributed by atoms with Crippen LogP contribution in [0, 0.1) is 5.92 Å². The van der Waals surface area contributed by atoms with Gasteiger partial charge in [0.15, 0.2) is 5.82 Å². The van der Waals surface area contributed by atoms with E-state index in [-0.39, 0.29) is 0 Å². The Morgan fingerprint density at radius 1 is 1.41 bits per heavy atom. The predicted octanol–water partition coefficient (Wildman–Crippen LogP) is 2.27. The summed E-state index contributed by atoms with van der Waals surface area (Å²) in [7, 11) is 0. The van der Waals surface area contributed by atoms with Gasteiger partial charge in [0.05, 0.1) is 5.92 Å². The second-order valence-electron chi connectivity index (χ2n) is 5.87. The number of rotatable bonds is 4. The van der Waals surface area contributed by atoms with Gasteiger partial charge in [-0.2, -0.15) is 4.98 Å². The zero-order valence-corrected chi connectivity index (χ0v) is 10.6. The smallest absolute Gasteiger partial charge is 0.231 e. The summed E-state index contributed by atoms with van der Waals surface area (Å²) in [6.07, 6.45) is 5.83. The van der Waals surface area contributed by atoms with Crippen LogP contribution in [0.15, 0.2) is 4.52 Å². The molecule has 2 fully saturated rings. The molecule has 94 valence electrons. The number of hydrogen-bond donors (Lipinski definition) is 1. The lowest BCUT2D eigenvalue weighted by atomic mass is 9.89. The van der Waals surface area contributed by atoms with Crippen molar-refractivity contribution in [2.45, 2.75) is 64.0 Å². The highest BCUT2D eigenvalue weighted by molar-refractivity contribution is 5.10. The molecule has 1 aromatic rings. The van der Waals surface area contributed by atoms with E-state index >= 15 is 0 Å². The van der Waals surface area contributed by atoms with Gasteiger partial charge < -0.3 is 9.84 Å². The van der Waals surface area contributed by atoms with Crippen molar-refractivity contribution in [1.82, 2.24) is 15.5 Å². The van der Waals surface area contributed by atoms with Crippen LogP contribution >= 0.6 is 0 Å². The van der Waals surface area contributed by atoms with Crippen molar-refractivity contribution < 1.29 is 4.52 Å². The fraction of sp³-hybridized carbons (Fsp3) is 0.846. The van der Waals surface area contributed by atoms with E-state index in [1.807, 2.05) is 0 Å². The van der Waals surface area contributed by atoms with Crippen LogP contribution in [0.25, 0.3) is 0 Å². The highest BCUT2D eigenvalue weighted by atomic mass is 16.5. The Kier molecular flexibility index (Phi) is 2.90. The first-order valence-corrected chi connectivity index (χ1v) is 6.81. The van der Waals surface area contributed by atoms with Crippen molar-refractivity contribution in [3.63, 3.8) is 0 Å². The van der Waals surface area contributed by atoms with E-state index in [4.69, 9.17) is 4.52 Å². The molecule has 0 saturated carbocycles. The van der Waals surface area contributed by atoms with Crippen LogP contribution in [-0.4, -0.2) is 22.2 Å². The van der Waals surface area contributed by atoms with E-state index in [9.17, 15) is 0 Å². The number of aromatic nitrogens is 2. The average molecular weight is 235 g/mol. The van der Waals surface area contributed by atoms with Crippen LogP contribution in [0.4, 0.5) is 0 Å². The van der Waals surface area contributed by atoms with E-state index in [1.54, 1.807) is 0 Å². The maximum atomic E-state index is 5.43. The Morgan fingerprint density at radius 2 is 2.29 bits per heavy atom. The lowest BCUT2D eigenvalue weighted by molar-refractivity contribution is 0.326. The summed E-state index contributed by atoms with van der Waals surface area (Å²) in [4.78, 5) is 4.57. The molecule has 0 aliphatic carbocycles. The first-order valence-electron chi connectivity index (χ1n) is 6.81. The second-order valence-corrected chi connectivity index (χ2v) is 5.87. The molecule has 3 unspecified atom stereocenters. The van der Waals surface area contributed by atoms with Crippen LogP contribution in [0.1, 0.15) is 57.2 Å². The standard InChI is InChI=1S/C13H21N3O/c1-8(2)3-6-12-15-13(17-16-12)10-7-9-4-5-11(10)14-9/h8-11,14H,3-7H2,1-2H3. The molecule has 3 atom stereocenters. The van der Waals surface area contributed by atoms with Crippen LogP contribution in [0.5, 0.6) is 0 Å². The number of aryl methyl sites for hydroxylation is 1. The van der Waals surface area contributed by atoms with Crippen molar-refractivity contribution in [3.8, 4) is 0 Å². The monoisotopic (exact) mass is 235 g/mol. The molecule has 0 amide bonds. The summed E-state index contributed by atoms with van der Waals surface area (Å²) in [5, 5.41) is 7.71. The third-order valence-corrected chi connectivity index (χ3v) is 4.05. The Hall–Kier alpha value is -0.900. The molecule has 1 aromatic heterocycles. The molecule has 0 aromatic carbocycles. The molecule has 3 heterocycles. The molecule has 4 heteroatoms. The molecule has 2 aliphatic heterocycles. The van der Waals surface area contributed by atoms with Gasteiger partial charge in [-0.25, -0.2) is 0 Å². The van der Waals surface area contributed by atoms with Gasteiger partial charge in [0.2, 0.25) is 5.89 Å². The fourth-order valence-corrected chi connectivity index (χ4v) is 3.03. The first kappa shape index (κ1) is 11.2. The van der Waals surface area contributed by atoms with Crippen LogP contribution in [0.3, 0.4) is 0 Å². The normalized spacial score (nSPS) is 31.6. The molecule has 2 saturated heterocycles. The van der Waals surface area contributed by atoms with Crippen LogP contribution < -0.4 is 5.32 Å². The van der Waals surface area contributed by atoms with Gasteiger partial charge in [-0.15, -0.1) is 0 Å². The maximum Gasteiger partial charge on any atom is 0.231 e. The summed E-state index contributed by atoms with van der Waals surface area (Å²) in [5.74, 6) is 2.91. The SMILES string of the molecule is CC(C)CCc1noc(C2CC3CCC2N3)n1. The van der Waals surface area contributed by atoms with Gasteiger partial charge in [0.1, 0.15) is 0 Å². The molecular formula is C13H21N3O. The third-order valence-electron chi connectivity index (χ3n) is 4.05. The topological polar surface area (TPSA) is 51.0 Å². The molecule has 4 nitrogen and oxygen atoms in total. The summed E-state index contributed by atoms with van der Waals surface area (Å²) < 4.78 is 5.43. The minimum atomic E-state index is 0.467. The van der Waals surface area contributed by atoms with Gasteiger partial charge in [0, 0.05) is 18.5 Å². The molecule has 1 N–H and O–H groups in total. The highest BCUT2D eigenvalue weighted by Crippen LogP contribution is 2.39. The highest BCUT2D eigenvalue weighted by Gasteiger charge is 2.42. The van der Waals surface area contributed by atoms with Gasteiger partial charge in [-0.1, -0.05) is 19.0 Å². The summed E-state index contributed by atoms with van der Waals surface area (Å²) in [6, 6.07) is 1.27. The quantitative estimate of drug-likeness (QED) is 0.869. The van der Waals surface area contributed by atoms with Crippen molar-refractivity contribution in [1.29, 1.82) is 0 Å². The number of nitrogens with zero attached hydrogens (tertiary/aromatic N) is 2. The van der Waals surface area contributed by atoms with Crippen molar-refractivity contribution in [3.05, 3.63) is 11.7 Å². The molecule has 3 rings (SSSR count). The van der Waals surface area contributed by atoms with Crippen molar-refractivity contribution >= 4 is 0 Å². The lowest BCUT2D eigenvalue weighted by Gasteiger charge is -2.15. The fourth-order valence-electron chi connectivity index (χ4n) is 3.03. The molecule has 0 spiro atoms. The third kappa shape index (κ3) is 2.23. The number of hydrogen-bond acceptors (Lipinski definition) is 4. The van der Waals surface area contributed by atoms with E-state index in [1.165, 1.54) is 19.3 Å². The summed E-state index contributed by atoms with van der Waals surface area (Å²) in [6.45, 7) is 4.45. The van der Waals surface area contributed by atoms with E-state index < -0.39 is 0 Å². The van der Waals surface area contributed by atoms with Gasteiger partial charge in [-0.05, 0) is 31.6 Å². The summed E-state index contributed by atoms with van der Waals surface area (Å²) >= 11 is 0. The van der Waals surface area contributed by atoms with Gasteiger partial charge in [-0.3, -0.25) is 0 Å². The zero-order valence-electron chi connectivity index (χ0n) is 10.6. The average Bonchev–Trinajstić information content (AvgIpc) is 3.01. The zero-order chi connectivity index (χ0) is 11.8. The van der Waals surface area contributed by atoms with Crippen LogP contribution in [0.2, 0.25) is 0 Å². The molecule has 2 bridgehead atoms. The Bertz CT molecular complexity index is 388. The van der Waals surface area contributed by atoms with Crippen molar-refractivity contribution in [2.24, 2.45) is 5.92 Å². The molecule has 2 aliphatic rings. The maximum absolute atomic E-state index is 5.43. The first-order chi connectivity index (χ1) is 8.22. The van der Waals surface area contributed by atoms with Gasteiger partial charge >= 0.3 is 0 Å². The van der Waals surface area contributed by atoms with E-state index in [0.29, 0.717) is 23.9 Å². The minimum Gasteiger partial charge on any atom is -0.339 e. The van der Waals surface area contributed by atoms with Crippen molar-refractivity contribution in [2.75, 3.05) is 0 Å². The second kappa shape index (κ2) is 4.41. The lowest BCUT2D eigenvalue weighted by Crippen LogP contribution is -2.21. The summed E-state index contributed by atoms with van der Waals surface area (Å²) in [5.41, 5.74) is 0. The molecule has 0 radical (unpaired) electrons. The predicted molar refractivity (Wildman–Crippen MR) is 64.8 cm³/mol. The van der Waals surface area contributed by atoms with E-state index in [0.717, 1.165) is 24.6 Å². The van der Waals surface area contributed by atoms with Gasteiger partial charge in [0.25, 0.3) is 0 Å². The number of nitrogens with one attached hydrogen (secondary N) is 1. The minimum absolute atomic E-state index is 0.467. The largest absolute Gasteiger partial charge is 0.339 e.